The van der Waals surface area contributed by atoms with Crippen LogP contribution in [0.25, 0.3) is 0 Å². The Labute approximate surface area is 104 Å². The van der Waals surface area contributed by atoms with E-state index in [1.165, 1.54) is 6.33 Å². The first-order valence-corrected chi connectivity index (χ1v) is 5.34. The first kappa shape index (κ1) is 12.1. The minimum atomic E-state index is 0.397. The largest absolute Gasteiger partial charge is 0.490 e. The van der Waals surface area contributed by atoms with Gasteiger partial charge in [-0.05, 0) is 0 Å². The summed E-state index contributed by atoms with van der Waals surface area (Å²) in [5, 5.41) is 9.77. The Bertz CT molecular complexity index is 527. The highest BCUT2D eigenvalue weighted by Crippen LogP contribution is 2.28. The maximum Gasteiger partial charge on any atom is 0.223 e. The molecule has 2 N–H and O–H groups in total. The van der Waals surface area contributed by atoms with E-state index in [0.29, 0.717) is 35.6 Å². The van der Waals surface area contributed by atoms with Crippen molar-refractivity contribution in [3.05, 3.63) is 18.0 Å². The Hall–Kier alpha value is -2.38. The van der Waals surface area contributed by atoms with Crippen LogP contribution in [0.5, 0.6) is 5.75 Å². The van der Waals surface area contributed by atoms with Crippen LogP contribution >= 0.6 is 0 Å². The van der Waals surface area contributed by atoms with E-state index in [9.17, 15) is 0 Å². The second-order valence-corrected chi connectivity index (χ2v) is 3.44. The molecule has 0 amide bonds. The summed E-state index contributed by atoms with van der Waals surface area (Å²) in [5.41, 5.74) is 0. The number of aryl methyl sites for hydroxylation is 1. The number of nitrogens with zero attached hydrogens (tertiary/aromatic N) is 4. The summed E-state index contributed by atoms with van der Waals surface area (Å²) in [6.45, 7) is 2.13. The van der Waals surface area contributed by atoms with Crippen LogP contribution < -0.4 is 15.4 Å². The number of methoxy groups -OCH3 is 1. The zero-order valence-corrected chi connectivity index (χ0v) is 10.4. The minimum absolute atomic E-state index is 0.397. The van der Waals surface area contributed by atoms with Gasteiger partial charge >= 0.3 is 0 Å². The summed E-state index contributed by atoms with van der Waals surface area (Å²) in [7, 11) is 3.32. The molecule has 2 aromatic heterocycles. The Morgan fingerprint density at radius 2 is 2.11 bits per heavy atom. The van der Waals surface area contributed by atoms with E-state index in [1.807, 2.05) is 0 Å². The van der Waals surface area contributed by atoms with E-state index < -0.39 is 0 Å². The molecule has 0 aliphatic carbocycles. The molecule has 0 spiro atoms. The molecule has 0 saturated carbocycles. The Balaban J connectivity index is 2.13. The summed E-state index contributed by atoms with van der Waals surface area (Å²) in [4.78, 5) is 12.2. The molecular formula is C10H14N6O2. The summed E-state index contributed by atoms with van der Waals surface area (Å²) >= 11 is 0. The van der Waals surface area contributed by atoms with Crippen LogP contribution in [-0.2, 0) is 6.54 Å². The minimum Gasteiger partial charge on any atom is -0.490 e. The van der Waals surface area contributed by atoms with Crippen molar-refractivity contribution in [3.63, 3.8) is 0 Å². The predicted molar refractivity (Wildman–Crippen MR) is 64.5 cm³/mol. The van der Waals surface area contributed by atoms with Gasteiger partial charge in [-0.1, -0.05) is 5.16 Å². The maximum absolute atomic E-state index is 5.25. The van der Waals surface area contributed by atoms with Crippen LogP contribution in [0.4, 0.5) is 11.6 Å². The van der Waals surface area contributed by atoms with Gasteiger partial charge < -0.3 is 19.9 Å². The first-order chi connectivity index (χ1) is 8.74. The van der Waals surface area contributed by atoms with Crippen molar-refractivity contribution in [3.8, 4) is 5.75 Å². The summed E-state index contributed by atoms with van der Waals surface area (Å²) in [6.07, 6.45) is 1.44. The third-order valence-corrected chi connectivity index (χ3v) is 2.23. The van der Waals surface area contributed by atoms with Crippen molar-refractivity contribution >= 4 is 11.6 Å². The third kappa shape index (κ3) is 2.47. The Morgan fingerprint density at radius 1 is 1.33 bits per heavy atom. The van der Waals surface area contributed by atoms with Gasteiger partial charge in [0.05, 0.1) is 13.7 Å². The summed E-state index contributed by atoms with van der Waals surface area (Å²) in [5.74, 6) is 2.80. The van der Waals surface area contributed by atoms with Crippen LogP contribution in [0.1, 0.15) is 11.7 Å². The monoisotopic (exact) mass is 250 g/mol. The number of aromatic nitrogens is 4. The molecule has 0 aliphatic heterocycles. The molecule has 2 rings (SSSR count). The van der Waals surface area contributed by atoms with E-state index in [1.54, 1.807) is 21.1 Å². The zero-order chi connectivity index (χ0) is 13.0. The van der Waals surface area contributed by atoms with Crippen LogP contribution in [0.3, 0.4) is 0 Å². The summed E-state index contributed by atoms with van der Waals surface area (Å²) < 4.78 is 10.1. The molecule has 8 heteroatoms. The van der Waals surface area contributed by atoms with Gasteiger partial charge in [-0.3, -0.25) is 0 Å². The third-order valence-electron chi connectivity index (χ3n) is 2.23. The van der Waals surface area contributed by atoms with Gasteiger partial charge in [0.1, 0.15) is 6.33 Å². The van der Waals surface area contributed by atoms with Gasteiger partial charge in [-0.15, -0.1) is 0 Å². The molecule has 96 valence electrons. The van der Waals surface area contributed by atoms with Crippen molar-refractivity contribution in [2.45, 2.75) is 13.5 Å². The molecule has 0 atom stereocenters. The Morgan fingerprint density at radius 3 is 2.72 bits per heavy atom. The van der Waals surface area contributed by atoms with E-state index in [2.05, 4.69) is 30.7 Å². The number of nitrogens with one attached hydrogen (secondary N) is 2. The highest BCUT2D eigenvalue weighted by molar-refractivity contribution is 5.63. The van der Waals surface area contributed by atoms with E-state index in [0.717, 1.165) is 0 Å². The van der Waals surface area contributed by atoms with Crippen molar-refractivity contribution in [2.75, 3.05) is 24.8 Å². The summed E-state index contributed by atoms with van der Waals surface area (Å²) in [6, 6.07) is 0. The van der Waals surface area contributed by atoms with Gasteiger partial charge in [0.25, 0.3) is 0 Å². The van der Waals surface area contributed by atoms with Crippen LogP contribution in [0.2, 0.25) is 0 Å². The number of rotatable bonds is 5. The standard InChI is InChI=1S/C10H14N6O2/c1-6-15-7(16-18-6)4-12-10-8(17-3)9(11-2)13-5-14-10/h5H,4H2,1-3H3,(H2,11,12,13,14). The van der Waals surface area contributed by atoms with Gasteiger partial charge in [0.2, 0.25) is 11.6 Å². The fourth-order valence-corrected chi connectivity index (χ4v) is 1.45. The van der Waals surface area contributed by atoms with Crippen LogP contribution in [0, 0.1) is 6.92 Å². The van der Waals surface area contributed by atoms with E-state index in [4.69, 9.17) is 9.26 Å². The fourth-order valence-electron chi connectivity index (χ4n) is 1.45. The molecule has 0 aliphatic rings. The van der Waals surface area contributed by atoms with Gasteiger partial charge in [0.15, 0.2) is 17.5 Å². The molecule has 0 fully saturated rings. The average molecular weight is 250 g/mol. The topological polar surface area (TPSA) is 98.0 Å². The molecule has 0 saturated heterocycles. The van der Waals surface area contributed by atoms with Crippen LogP contribution in [0.15, 0.2) is 10.9 Å². The second-order valence-electron chi connectivity index (χ2n) is 3.44. The average Bonchev–Trinajstić information content (AvgIpc) is 2.81. The molecular weight excluding hydrogens is 236 g/mol. The lowest BCUT2D eigenvalue weighted by atomic mass is 10.4. The lowest BCUT2D eigenvalue weighted by Gasteiger charge is -2.11. The molecule has 0 bridgehead atoms. The molecule has 0 radical (unpaired) electrons. The molecule has 2 heterocycles. The number of hydrogen-bond acceptors (Lipinski definition) is 8. The molecule has 18 heavy (non-hydrogen) atoms. The lowest BCUT2D eigenvalue weighted by molar-refractivity contribution is 0.388. The zero-order valence-electron chi connectivity index (χ0n) is 10.4. The fraction of sp³-hybridized carbons (Fsp3) is 0.400. The molecule has 0 unspecified atom stereocenters. The Kier molecular flexibility index (Phi) is 3.56. The van der Waals surface area contributed by atoms with Crippen molar-refractivity contribution in [1.82, 2.24) is 20.1 Å². The number of ether oxygens (including phenoxy) is 1. The predicted octanol–water partition coefficient (Wildman–Crippen LogP) is 0.830. The smallest absolute Gasteiger partial charge is 0.223 e. The molecule has 2 aromatic rings. The van der Waals surface area contributed by atoms with Gasteiger partial charge in [0, 0.05) is 14.0 Å². The highest BCUT2D eigenvalue weighted by Gasteiger charge is 2.11. The second kappa shape index (κ2) is 5.30. The number of anilines is 2. The van der Waals surface area contributed by atoms with Crippen LogP contribution in [-0.4, -0.2) is 34.3 Å². The molecule has 0 aromatic carbocycles. The van der Waals surface area contributed by atoms with Gasteiger partial charge in [-0.25, -0.2) is 9.97 Å². The first-order valence-electron chi connectivity index (χ1n) is 5.34. The van der Waals surface area contributed by atoms with Crippen molar-refractivity contribution in [2.24, 2.45) is 0 Å². The highest BCUT2D eigenvalue weighted by atomic mass is 16.5. The number of hydrogen-bond donors (Lipinski definition) is 2. The quantitative estimate of drug-likeness (QED) is 0.805. The van der Waals surface area contributed by atoms with Crippen molar-refractivity contribution in [1.29, 1.82) is 0 Å². The van der Waals surface area contributed by atoms with E-state index in [-0.39, 0.29) is 0 Å². The van der Waals surface area contributed by atoms with Crippen molar-refractivity contribution < 1.29 is 9.26 Å². The molecule has 8 nitrogen and oxygen atoms in total. The normalized spacial score (nSPS) is 10.2. The lowest BCUT2D eigenvalue weighted by Crippen LogP contribution is -2.07. The SMILES string of the molecule is CNc1ncnc(NCc2noc(C)n2)c1OC. The van der Waals surface area contributed by atoms with E-state index >= 15 is 0 Å². The maximum atomic E-state index is 5.25. The van der Waals surface area contributed by atoms with Gasteiger partial charge in [-0.2, -0.15) is 4.98 Å².